The number of sulfonamides is 1. The van der Waals surface area contributed by atoms with E-state index in [0.29, 0.717) is 0 Å². The van der Waals surface area contributed by atoms with E-state index in [4.69, 9.17) is 11.6 Å². The van der Waals surface area contributed by atoms with Crippen LogP contribution in [-0.2, 0) is 10.0 Å². The molecule has 0 radical (unpaired) electrons. The van der Waals surface area contributed by atoms with Crippen molar-refractivity contribution in [3.05, 3.63) is 33.3 Å². The lowest BCUT2D eigenvalue weighted by Gasteiger charge is -2.12. The molecule has 1 unspecified atom stereocenters. The number of non-ortho nitro benzene ring substituents is 1. The second-order valence-corrected chi connectivity index (χ2v) is 6.77. The molecule has 7 nitrogen and oxygen atoms in total. The van der Waals surface area contributed by atoms with Gasteiger partial charge in [-0.15, -0.1) is 0 Å². The third-order valence-corrected chi connectivity index (χ3v) is 4.97. The minimum Gasteiger partial charge on any atom is -0.391 e. The smallest absolute Gasteiger partial charge is 0.271 e. The number of hydrogen-bond donors (Lipinski definition) is 2. The maximum Gasteiger partial charge on any atom is 0.271 e. The quantitative estimate of drug-likeness (QED) is 0.606. The molecular weight excluding hydrogens is 308 g/mol. The number of rotatable bonds is 6. The summed E-state index contributed by atoms with van der Waals surface area (Å²) in [7, 11) is -3.90. The Morgan fingerprint density at radius 2 is 2.15 bits per heavy atom. The van der Waals surface area contributed by atoms with Gasteiger partial charge in [-0.3, -0.25) is 10.1 Å². The van der Waals surface area contributed by atoms with Crippen molar-refractivity contribution in [3.8, 4) is 0 Å². The molecule has 1 atom stereocenters. The van der Waals surface area contributed by atoms with Gasteiger partial charge in [0, 0.05) is 18.7 Å². The lowest BCUT2D eigenvalue weighted by atomic mass is 10.2. The Kier molecular flexibility index (Phi) is 4.28. The van der Waals surface area contributed by atoms with E-state index in [-0.39, 0.29) is 28.1 Å². The van der Waals surface area contributed by atoms with Crippen LogP contribution in [-0.4, -0.2) is 31.1 Å². The molecule has 0 spiro atoms. The summed E-state index contributed by atoms with van der Waals surface area (Å²) in [4.78, 5) is 9.66. The number of aliphatic hydroxyl groups is 1. The van der Waals surface area contributed by atoms with Gasteiger partial charge in [-0.25, -0.2) is 13.1 Å². The third kappa shape index (κ3) is 3.45. The average Bonchev–Trinajstić information content (AvgIpc) is 3.19. The second kappa shape index (κ2) is 5.65. The van der Waals surface area contributed by atoms with Crippen molar-refractivity contribution in [1.29, 1.82) is 0 Å². The first kappa shape index (κ1) is 15.2. The number of nitro benzene ring substituents is 1. The zero-order valence-electron chi connectivity index (χ0n) is 10.3. The average molecular weight is 321 g/mol. The van der Waals surface area contributed by atoms with Gasteiger partial charge in [-0.05, 0) is 24.8 Å². The first-order valence-corrected chi connectivity index (χ1v) is 7.79. The van der Waals surface area contributed by atoms with Crippen LogP contribution in [0, 0.1) is 16.0 Å². The maximum atomic E-state index is 12.0. The van der Waals surface area contributed by atoms with E-state index >= 15 is 0 Å². The van der Waals surface area contributed by atoms with Crippen molar-refractivity contribution in [1.82, 2.24) is 4.72 Å². The molecule has 1 aromatic carbocycles. The van der Waals surface area contributed by atoms with Crippen LogP contribution in [0.15, 0.2) is 23.1 Å². The Morgan fingerprint density at radius 3 is 2.65 bits per heavy atom. The minimum absolute atomic E-state index is 0.0969. The highest BCUT2D eigenvalue weighted by Crippen LogP contribution is 2.32. The minimum atomic E-state index is -3.90. The van der Waals surface area contributed by atoms with Gasteiger partial charge in [-0.1, -0.05) is 11.6 Å². The van der Waals surface area contributed by atoms with E-state index < -0.39 is 21.1 Å². The Hall–Kier alpha value is -1.22. The molecule has 1 saturated carbocycles. The van der Waals surface area contributed by atoms with E-state index in [2.05, 4.69) is 4.72 Å². The van der Waals surface area contributed by atoms with Crippen LogP contribution in [0.5, 0.6) is 0 Å². The molecule has 2 rings (SSSR count). The predicted octanol–water partition coefficient (Wildman–Crippen LogP) is 1.30. The molecule has 9 heteroatoms. The van der Waals surface area contributed by atoms with Gasteiger partial charge in [0.25, 0.3) is 5.69 Å². The fraction of sp³-hybridized carbons (Fsp3) is 0.455. The second-order valence-electron chi connectivity index (χ2n) is 4.63. The zero-order chi connectivity index (χ0) is 14.9. The van der Waals surface area contributed by atoms with Crippen molar-refractivity contribution >= 4 is 27.3 Å². The first-order valence-electron chi connectivity index (χ1n) is 5.93. The molecule has 0 aromatic heterocycles. The van der Waals surface area contributed by atoms with E-state index in [1.165, 1.54) is 0 Å². The van der Waals surface area contributed by atoms with Crippen LogP contribution in [0.4, 0.5) is 5.69 Å². The normalized spacial score (nSPS) is 16.9. The summed E-state index contributed by atoms with van der Waals surface area (Å²) in [5.41, 5.74) is -0.285. The van der Waals surface area contributed by atoms with Gasteiger partial charge < -0.3 is 5.11 Å². The fourth-order valence-electron chi connectivity index (χ4n) is 1.74. The summed E-state index contributed by atoms with van der Waals surface area (Å²) in [6.45, 7) is -0.0969. The van der Waals surface area contributed by atoms with Crippen molar-refractivity contribution in [2.45, 2.75) is 23.8 Å². The number of hydrogen-bond acceptors (Lipinski definition) is 5. The van der Waals surface area contributed by atoms with Gasteiger partial charge in [-0.2, -0.15) is 0 Å². The largest absolute Gasteiger partial charge is 0.391 e. The van der Waals surface area contributed by atoms with E-state index in [9.17, 15) is 23.6 Å². The van der Waals surface area contributed by atoms with Gasteiger partial charge in [0.15, 0.2) is 0 Å². The van der Waals surface area contributed by atoms with Crippen molar-refractivity contribution in [2.75, 3.05) is 6.54 Å². The highest BCUT2D eigenvalue weighted by atomic mass is 35.5. The summed E-state index contributed by atoms with van der Waals surface area (Å²) in [6, 6.07) is 3.12. The number of aliphatic hydroxyl groups excluding tert-OH is 1. The Morgan fingerprint density at radius 1 is 1.50 bits per heavy atom. The zero-order valence-corrected chi connectivity index (χ0v) is 11.9. The molecule has 110 valence electrons. The molecule has 0 bridgehead atoms. The predicted molar refractivity (Wildman–Crippen MR) is 72.0 cm³/mol. The first-order chi connectivity index (χ1) is 9.31. The van der Waals surface area contributed by atoms with Crippen LogP contribution < -0.4 is 4.72 Å². The van der Waals surface area contributed by atoms with Crippen molar-refractivity contribution in [2.24, 2.45) is 5.92 Å². The Bertz CT molecular complexity index is 630. The molecule has 0 saturated heterocycles. The summed E-state index contributed by atoms with van der Waals surface area (Å²) in [5.74, 6) is 0.144. The highest BCUT2D eigenvalue weighted by Gasteiger charge is 2.31. The summed E-state index contributed by atoms with van der Waals surface area (Å²) >= 11 is 5.76. The summed E-state index contributed by atoms with van der Waals surface area (Å²) in [6.07, 6.45) is 1.06. The third-order valence-electron chi connectivity index (χ3n) is 3.06. The van der Waals surface area contributed by atoms with Crippen molar-refractivity contribution in [3.63, 3.8) is 0 Å². The Balaban J connectivity index is 2.14. The number of nitrogens with one attached hydrogen (secondary N) is 1. The summed E-state index contributed by atoms with van der Waals surface area (Å²) < 4.78 is 26.3. The molecule has 0 aliphatic heterocycles. The lowest BCUT2D eigenvalue weighted by molar-refractivity contribution is -0.384. The topological polar surface area (TPSA) is 110 Å². The van der Waals surface area contributed by atoms with Crippen LogP contribution >= 0.6 is 11.6 Å². The van der Waals surface area contributed by atoms with Crippen LogP contribution in [0.2, 0.25) is 5.02 Å². The van der Waals surface area contributed by atoms with Gasteiger partial charge in [0.2, 0.25) is 10.0 Å². The van der Waals surface area contributed by atoms with E-state index in [1.807, 2.05) is 0 Å². The molecule has 1 aliphatic rings. The van der Waals surface area contributed by atoms with Crippen LogP contribution in [0.3, 0.4) is 0 Å². The number of nitro groups is 1. The van der Waals surface area contributed by atoms with Crippen molar-refractivity contribution < 1.29 is 18.4 Å². The van der Waals surface area contributed by atoms with Gasteiger partial charge in [0.05, 0.1) is 16.0 Å². The monoisotopic (exact) mass is 320 g/mol. The molecule has 1 aromatic rings. The SMILES string of the molecule is O=[N+]([O-])c1ccc(S(=O)(=O)NCC(O)C2CC2)c(Cl)c1. The van der Waals surface area contributed by atoms with E-state index in [0.717, 1.165) is 31.0 Å². The lowest BCUT2D eigenvalue weighted by Crippen LogP contribution is -2.33. The maximum absolute atomic E-state index is 12.0. The molecular formula is C11H13ClN2O5S. The summed E-state index contributed by atoms with van der Waals surface area (Å²) in [5, 5.41) is 20.0. The van der Waals surface area contributed by atoms with Gasteiger partial charge >= 0.3 is 0 Å². The number of halogens is 1. The fourth-order valence-corrected chi connectivity index (χ4v) is 3.33. The highest BCUT2D eigenvalue weighted by molar-refractivity contribution is 7.89. The standard InChI is InChI=1S/C11H13ClN2O5S/c12-9-5-8(14(16)17)3-4-11(9)20(18,19)13-6-10(15)7-1-2-7/h3-5,7,10,13,15H,1-2,6H2. The molecule has 20 heavy (non-hydrogen) atoms. The van der Waals surface area contributed by atoms with Crippen LogP contribution in [0.25, 0.3) is 0 Å². The molecule has 1 aliphatic carbocycles. The molecule has 0 amide bonds. The molecule has 2 N–H and O–H groups in total. The van der Waals surface area contributed by atoms with E-state index in [1.54, 1.807) is 0 Å². The van der Waals surface area contributed by atoms with Crippen LogP contribution in [0.1, 0.15) is 12.8 Å². The number of nitrogens with zero attached hydrogens (tertiary/aromatic N) is 1. The van der Waals surface area contributed by atoms with Gasteiger partial charge in [0.1, 0.15) is 4.90 Å². The molecule has 0 heterocycles. The Labute approximate surface area is 120 Å². The molecule has 1 fully saturated rings. The number of benzene rings is 1.